The third-order valence-electron chi connectivity index (χ3n) is 3.17. The standard InChI is InChI=1S/C14H20N2O3/c1-11(14(17)16-7-9-19-10-8-16)15-12-5-3-4-6-13(12)18-2/h3-6,11,15H,7-10H2,1-2H3/t11-/m0/s1. The number of hydrogen-bond donors (Lipinski definition) is 1. The lowest BCUT2D eigenvalue weighted by atomic mass is 10.2. The minimum Gasteiger partial charge on any atom is -0.495 e. The van der Waals surface area contributed by atoms with E-state index in [4.69, 9.17) is 9.47 Å². The Morgan fingerprint density at radius 3 is 2.74 bits per heavy atom. The van der Waals surface area contributed by atoms with E-state index in [-0.39, 0.29) is 11.9 Å². The molecule has 0 radical (unpaired) electrons. The first-order valence-electron chi connectivity index (χ1n) is 6.48. The normalized spacial score (nSPS) is 16.8. The molecule has 1 aromatic carbocycles. The van der Waals surface area contributed by atoms with Gasteiger partial charge in [-0.2, -0.15) is 0 Å². The smallest absolute Gasteiger partial charge is 0.244 e. The molecule has 0 bridgehead atoms. The second kappa shape index (κ2) is 6.43. The molecule has 1 aliphatic rings. The second-order valence-corrected chi connectivity index (χ2v) is 4.50. The van der Waals surface area contributed by atoms with Crippen molar-refractivity contribution in [3.05, 3.63) is 24.3 Å². The zero-order valence-electron chi connectivity index (χ0n) is 11.4. The Bertz CT molecular complexity index is 430. The highest BCUT2D eigenvalue weighted by Gasteiger charge is 2.22. The van der Waals surface area contributed by atoms with E-state index in [0.29, 0.717) is 26.3 Å². The molecular weight excluding hydrogens is 244 g/mol. The fourth-order valence-corrected chi connectivity index (χ4v) is 2.12. The lowest BCUT2D eigenvalue weighted by Crippen LogP contribution is -2.47. The van der Waals surface area contributed by atoms with Crippen LogP contribution < -0.4 is 10.1 Å². The number of nitrogens with one attached hydrogen (secondary N) is 1. The summed E-state index contributed by atoms with van der Waals surface area (Å²) < 4.78 is 10.5. The van der Waals surface area contributed by atoms with E-state index < -0.39 is 0 Å². The van der Waals surface area contributed by atoms with Crippen molar-refractivity contribution in [1.82, 2.24) is 4.90 Å². The largest absolute Gasteiger partial charge is 0.495 e. The SMILES string of the molecule is COc1ccccc1N[C@@H](C)C(=O)N1CCOCC1. The van der Waals surface area contributed by atoms with Gasteiger partial charge < -0.3 is 19.7 Å². The van der Waals surface area contributed by atoms with Crippen molar-refractivity contribution in [2.24, 2.45) is 0 Å². The van der Waals surface area contributed by atoms with Gasteiger partial charge in [-0.3, -0.25) is 4.79 Å². The van der Waals surface area contributed by atoms with Gasteiger partial charge in [-0.25, -0.2) is 0 Å². The van der Waals surface area contributed by atoms with Gasteiger partial charge in [0.1, 0.15) is 11.8 Å². The maximum absolute atomic E-state index is 12.3. The first-order chi connectivity index (χ1) is 9.22. The van der Waals surface area contributed by atoms with Crippen LogP contribution in [-0.4, -0.2) is 50.3 Å². The molecule has 5 nitrogen and oxygen atoms in total. The predicted octanol–water partition coefficient (Wildman–Crippen LogP) is 1.35. The van der Waals surface area contributed by atoms with Gasteiger partial charge in [0.15, 0.2) is 0 Å². The van der Waals surface area contributed by atoms with Crippen molar-refractivity contribution >= 4 is 11.6 Å². The fourth-order valence-electron chi connectivity index (χ4n) is 2.12. The van der Waals surface area contributed by atoms with Gasteiger partial charge in [0, 0.05) is 13.1 Å². The molecule has 1 heterocycles. The molecule has 1 saturated heterocycles. The van der Waals surface area contributed by atoms with Gasteiger partial charge >= 0.3 is 0 Å². The minimum absolute atomic E-state index is 0.0919. The Hall–Kier alpha value is -1.75. The molecule has 0 spiro atoms. The molecule has 0 aliphatic carbocycles. The van der Waals surface area contributed by atoms with E-state index in [2.05, 4.69) is 5.32 Å². The number of benzene rings is 1. The summed E-state index contributed by atoms with van der Waals surface area (Å²) in [7, 11) is 1.62. The molecule has 0 aromatic heterocycles. The minimum atomic E-state index is -0.283. The number of amides is 1. The third kappa shape index (κ3) is 3.38. The number of carbonyl (C=O) groups excluding carboxylic acids is 1. The topological polar surface area (TPSA) is 50.8 Å². The van der Waals surface area contributed by atoms with Crippen molar-refractivity contribution in [3.63, 3.8) is 0 Å². The van der Waals surface area contributed by atoms with Crippen molar-refractivity contribution in [2.45, 2.75) is 13.0 Å². The number of anilines is 1. The summed E-state index contributed by atoms with van der Waals surface area (Å²) in [6, 6.07) is 7.31. The van der Waals surface area contributed by atoms with Crippen LogP contribution in [0.3, 0.4) is 0 Å². The van der Waals surface area contributed by atoms with Crippen LogP contribution in [0.25, 0.3) is 0 Å². The van der Waals surface area contributed by atoms with Crippen LogP contribution in [0.5, 0.6) is 5.75 Å². The van der Waals surface area contributed by atoms with Crippen LogP contribution >= 0.6 is 0 Å². The number of morpholine rings is 1. The van der Waals surface area contributed by atoms with E-state index in [9.17, 15) is 4.79 Å². The first kappa shape index (κ1) is 13.7. The zero-order valence-corrected chi connectivity index (χ0v) is 11.4. The number of para-hydroxylation sites is 2. The van der Waals surface area contributed by atoms with Crippen LogP contribution in [0.15, 0.2) is 24.3 Å². The summed E-state index contributed by atoms with van der Waals surface area (Å²) in [5.41, 5.74) is 0.833. The van der Waals surface area contributed by atoms with Crippen LogP contribution in [-0.2, 0) is 9.53 Å². The molecule has 1 aromatic rings. The molecule has 1 atom stereocenters. The highest BCUT2D eigenvalue weighted by atomic mass is 16.5. The third-order valence-corrected chi connectivity index (χ3v) is 3.17. The molecule has 5 heteroatoms. The molecule has 0 saturated carbocycles. The summed E-state index contributed by atoms with van der Waals surface area (Å²) in [4.78, 5) is 14.1. The van der Waals surface area contributed by atoms with E-state index >= 15 is 0 Å². The Labute approximate surface area is 113 Å². The van der Waals surface area contributed by atoms with Crippen molar-refractivity contribution in [3.8, 4) is 5.75 Å². The number of hydrogen-bond acceptors (Lipinski definition) is 4. The second-order valence-electron chi connectivity index (χ2n) is 4.50. The summed E-state index contributed by atoms with van der Waals surface area (Å²) in [6.45, 7) is 4.43. The number of methoxy groups -OCH3 is 1. The highest BCUT2D eigenvalue weighted by Crippen LogP contribution is 2.24. The lowest BCUT2D eigenvalue weighted by molar-refractivity contribution is -0.135. The first-order valence-corrected chi connectivity index (χ1v) is 6.48. The quantitative estimate of drug-likeness (QED) is 0.892. The monoisotopic (exact) mass is 264 g/mol. The van der Waals surface area contributed by atoms with Crippen molar-refractivity contribution in [1.29, 1.82) is 0 Å². The molecule has 1 N–H and O–H groups in total. The highest BCUT2D eigenvalue weighted by molar-refractivity contribution is 5.84. The Morgan fingerprint density at radius 2 is 2.05 bits per heavy atom. The number of rotatable bonds is 4. The van der Waals surface area contributed by atoms with E-state index in [1.807, 2.05) is 36.1 Å². The lowest BCUT2D eigenvalue weighted by Gasteiger charge is -2.30. The van der Waals surface area contributed by atoms with Gasteiger partial charge in [-0.1, -0.05) is 12.1 Å². The Balaban J connectivity index is 1.99. The van der Waals surface area contributed by atoms with Crippen LogP contribution in [0.2, 0.25) is 0 Å². The van der Waals surface area contributed by atoms with Crippen LogP contribution in [0, 0.1) is 0 Å². The molecule has 1 amide bonds. The maximum atomic E-state index is 12.3. The molecule has 104 valence electrons. The zero-order chi connectivity index (χ0) is 13.7. The average molecular weight is 264 g/mol. The molecule has 2 rings (SSSR count). The molecule has 19 heavy (non-hydrogen) atoms. The van der Waals surface area contributed by atoms with Gasteiger partial charge in [-0.05, 0) is 19.1 Å². The predicted molar refractivity (Wildman–Crippen MR) is 73.5 cm³/mol. The van der Waals surface area contributed by atoms with Crippen LogP contribution in [0.4, 0.5) is 5.69 Å². The van der Waals surface area contributed by atoms with Crippen molar-refractivity contribution in [2.75, 3.05) is 38.7 Å². The maximum Gasteiger partial charge on any atom is 0.244 e. The number of nitrogens with zero attached hydrogens (tertiary/aromatic N) is 1. The van der Waals surface area contributed by atoms with E-state index in [1.165, 1.54) is 0 Å². The summed E-state index contributed by atoms with van der Waals surface area (Å²) in [6.07, 6.45) is 0. The molecule has 0 unspecified atom stereocenters. The van der Waals surface area contributed by atoms with Crippen LogP contribution in [0.1, 0.15) is 6.92 Å². The van der Waals surface area contributed by atoms with Crippen molar-refractivity contribution < 1.29 is 14.3 Å². The molecular formula is C14H20N2O3. The molecule has 1 fully saturated rings. The summed E-state index contributed by atoms with van der Waals surface area (Å²) >= 11 is 0. The number of carbonyl (C=O) groups is 1. The average Bonchev–Trinajstić information content (AvgIpc) is 2.48. The molecule has 1 aliphatic heterocycles. The number of ether oxygens (including phenoxy) is 2. The fraction of sp³-hybridized carbons (Fsp3) is 0.500. The summed E-state index contributed by atoms with van der Waals surface area (Å²) in [5, 5.41) is 3.20. The summed E-state index contributed by atoms with van der Waals surface area (Å²) in [5.74, 6) is 0.832. The Kier molecular flexibility index (Phi) is 4.63. The van der Waals surface area contributed by atoms with Gasteiger partial charge in [0.25, 0.3) is 0 Å². The van der Waals surface area contributed by atoms with Gasteiger partial charge in [-0.15, -0.1) is 0 Å². The van der Waals surface area contributed by atoms with E-state index in [1.54, 1.807) is 7.11 Å². The van der Waals surface area contributed by atoms with E-state index in [0.717, 1.165) is 11.4 Å². The van der Waals surface area contributed by atoms with Gasteiger partial charge in [0.2, 0.25) is 5.91 Å². The van der Waals surface area contributed by atoms with Gasteiger partial charge in [0.05, 0.1) is 26.0 Å². The Morgan fingerprint density at radius 1 is 1.37 bits per heavy atom.